The van der Waals surface area contributed by atoms with Gasteiger partial charge in [-0.1, -0.05) is 35.9 Å². The van der Waals surface area contributed by atoms with E-state index in [1.54, 1.807) is 6.21 Å². The Morgan fingerprint density at radius 2 is 2.00 bits per heavy atom. The molecule has 3 nitrogen and oxygen atoms in total. The minimum atomic E-state index is 0.695. The average molecular weight is 342 g/mol. The Bertz CT molecular complexity index is 855. The van der Waals surface area contributed by atoms with Gasteiger partial charge in [-0.3, -0.25) is 5.43 Å². The summed E-state index contributed by atoms with van der Waals surface area (Å²) in [6.45, 7) is 4.22. The molecule has 0 aliphatic rings. The van der Waals surface area contributed by atoms with Crippen molar-refractivity contribution in [1.82, 2.24) is 4.98 Å². The standard InChI is InChI=1S/C18H16ClN3S/c1-12-6-7-15(8-13(12)2)17-11-23-18(21-17)22-20-10-14-4-3-5-16(19)9-14/h3-11H,1-2H3,(H,21,22)/b20-10-. The number of anilines is 1. The molecule has 0 atom stereocenters. The number of benzene rings is 2. The van der Waals surface area contributed by atoms with Crippen LogP contribution in [0.2, 0.25) is 5.02 Å². The van der Waals surface area contributed by atoms with E-state index in [2.05, 4.69) is 47.6 Å². The van der Waals surface area contributed by atoms with E-state index in [0.717, 1.165) is 22.0 Å². The van der Waals surface area contributed by atoms with Crippen LogP contribution in [0.4, 0.5) is 5.13 Å². The van der Waals surface area contributed by atoms with E-state index in [0.29, 0.717) is 5.02 Å². The summed E-state index contributed by atoms with van der Waals surface area (Å²) in [4.78, 5) is 4.57. The van der Waals surface area contributed by atoms with E-state index < -0.39 is 0 Å². The molecule has 0 fully saturated rings. The normalized spacial score (nSPS) is 11.1. The zero-order valence-electron chi connectivity index (χ0n) is 12.9. The van der Waals surface area contributed by atoms with Gasteiger partial charge in [0.05, 0.1) is 11.9 Å². The lowest BCUT2D eigenvalue weighted by Crippen LogP contribution is -1.90. The molecule has 23 heavy (non-hydrogen) atoms. The highest BCUT2D eigenvalue weighted by molar-refractivity contribution is 7.14. The first-order chi connectivity index (χ1) is 11.1. The van der Waals surface area contributed by atoms with Crippen LogP contribution in [-0.4, -0.2) is 11.2 Å². The van der Waals surface area contributed by atoms with Crippen LogP contribution in [0.5, 0.6) is 0 Å². The number of aryl methyl sites for hydroxylation is 2. The predicted octanol–water partition coefficient (Wildman–Crippen LogP) is 5.53. The number of hydrazone groups is 1. The Morgan fingerprint density at radius 3 is 2.78 bits per heavy atom. The van der Waals surface area contributed by atoms with Gasteiger partial charge in [0.15, 0.2) is 0 Å². The van der Waals surface area contributed by atoms with Gasteiger partial charge in [-0.2, -0.15) is 5.10 Å². The maximum absolute atomic E-state index is 5.94. The van der Waals surface area contributed by atoms with Gasteiger partial charge >= 0.3 is 0 Å². The fraction of sp³-hybridized carbons (Fsp3) is 0.111. The monoisotopic (exact) mass is 341 g/mol. The lowest BCUT2D eigenvalue weighted by molar-refractivity contribution is 1.28. The van der Waals surface area contributed by atoms with E-state index in [-0.39, 0.29) is 0 Å². The van der Waals surface area contributed by atoms with E-state index in [1.807, 2.05) is 29.6 Å². The van der Waals surface area contributed by atoms with E-state index in [1.165, 1.54) is 22.5 Å². The molecule has 116 valence electrons. The molecule has 1 heterocycles. The minimum absolute atomic E-state index is 0.695. The first kappa shape index (κ1) is 15.7. The maximum Gasteiger partial charge on any atom is 0.203 e. The molecule has 0 unspecified atom stereocenters. The molecule has 0 aliphatic heterocycles. The third kappa shape index (κ3) is 3.97. The van der Waals surface area contributed by atoms with Gasteiger partial charge in [0.25, 0.3) is 0 Å². The van der Waals surface area contributed by atoms with E-state index in [4.69, 9.17) is 11.6 Å². The number of hydrogen-bond acceptors (Lipinski definition) is 4. The fourth-order valence-electron chi connectivity index (χ4n) is 2.11. The molecule has 3 rings (SSSR count). The molecule has 0 saturated heterocycles. The van der Waals surface area contributed by atoms with Crippen molar-refractivity contribution in [3.8, 4) is 11.3 Å². The summed E-state index contributed by atoms with van der Waals surface area (Å²) in [5.41, 5.74) is 8.53. The van der Waals surface area contributed by atoms with Crippen molar-refractivity contribution in [1.29, 1.82) is 0 Å². The molecule has 2 aromatic carbocycles. The zero-order valence-corrected chi connectivity index (χ0v) is 14.4. The summed E-state index contributed by atoms with van der Waals surface area (Å²) in [6, 6.07) is 13.9. The van der Waals surface area contributed by atoms with Crippen LogP contribution in [0, 0.1) is 13.8 Å². The fourth-order valence-corrected chi connectivity index (χ4v) is 2.97. The van der Waals surface area contributed by atoms with Gasteiger partial charge in [0.1, 0.15) is 0 Å². The topological polar surface area (TPSA) is 37.3 Å². The molecule has 0 spiro atoms. The highest BCUT2D eigenvalue weighted by Gasteiger charge is 2.05. The SMILES string of the molecule is Cc1ccc(-c2csc(N/N=C\c3cccc(Cl)c3)n2)cc1C. The lowest BCUT2D eigenvalue weighted by Gasteiger charge is -2.02. The van der Waals surface area contributed by atoms with Crippen molar-refractivity contribution in [3.05, 3.63) is 69.6 Å². The van der Waals surface area contributed by atoms with Crippen LogP contribution in [0.15, 0.2) is 52.9 Å². The van der Waals surface area contributed by atoms with Gasteiger partial charge in [-0.25, -0.2) is 4.98 Å². The first-order valence-corrected chi connectivity index (χ1v) is 8.45. The van der Waals surface area contributed by atoms with Crippen molar-refractivity contribution in [3.63, 3.8) is 0 Å². The van der Waals surface area contributed by atoms with Gasteiger partial charge in [-0.05, 0) is 48.7 Å². The van der Waals surface area contributed by atoms with Crippen LogP contribution in [0.25, 0.3) is 11.3 Å². The van der Waals surface area contributed by atoms with Crippen molar-refractivity contribution in [2.24, 2.45) is 5.10 Å². The number of thiazole rings is 1. The maximum atomic E-state index is 5.94. The molecule has 5 heteroatoms. The summed E-state index contributed by atoms with van der Waals surface area (Å²) in [5, 5.41) is 7.69. The second-order valence-electron chi connectivity index (χ2n) is 5.26. The summed E-state index contributed by atoms with van der Waals surface area (Å²) < 4.78 is 0. The average Bonchev–Trinajstić information content (AvgIpc) is 2.99. The van der Waals surface area contributed by atoms with Crippen LogP contribution < -0.4 is 5.43 Å². The van der Waals surface area contributed by atoms with E-state index >= 15 is 0 Å². The second-order valence-corrected chi connectivity index (χ2v) is 6.56. The van der Waals surface area contributed by atoms with Crippen molar-refractivity contribution in [2.45, 2.75) is 13.8 Å². The Kier molecular flexibility index (Phi) is 4.74. The second kappa shape index (κ2) is 6.94. The Balaban J connectivity index is 1.71. The molecule has 0 saturated carbocycles. The molecular weight excluding hydrogens is 326 g/mol. The van der Waals surface area contributed by atoms with Gasteiger partial charge in [-0.15, -0.1) is 11.3 Å². The molecule has 1 N–H and O–H groups in total. The highest BCUT2D eigenvalue weighted by atomic mass is 35.5. The van der Waals surface area contributed by atoms with Gasteiger partial charge in [0.2, 0.25) is 5.13 Å². The molecule has 0 radical (unpaired) electrons. The summed E-state index contributed by atoms with van der Waals surface area (Å²) in [6.07, 6.45) is 1.73. The summed E-state index contributed by atoms with van der Waals surface area (Å²) in [7, 11) is 0. The van der Waals surface area contributed by atoms with E-state index in [9.17, 15) is 0 Å². The molecular formula is C18H16ClN3S. The Morgan fingerprint density at radius 1 is 1.13 bits per heavy atom. The summed E-state index contributed by atoms with van der Waals surface area (Å²) in [5.74, 6) is 0. The Labute approximate surface area is 144 Å². The van der Waals surface area contributed by atoms with Crippen LogP contribution in [0.1, 0.15) is 16.7 Å². The van der Waals surface area contributed by atoms with Crippen LogP contribution >= 0.6 is 22.9 Å². The number of halogens is 1. The molecule has 0 amide bonds. The number of nitrogens with zero attached hydrogens (tertiary/aromatic N) is 2. The number of hydrogen-bond donors (Lipinski definition) is 1. The Hall–Kier alpha value is -2.17. The lowest BCUT2D eigenvalue weighted by atomic mass is 10.1. The van der Waals surface area contributed by atoms with Crippen molar-refractivity contribution < 1.29 is 0 Å². The third-order valence-electron chi connectivity index (χ3n) is 3.53. The van der Waals surface area contributed by atoms with Crippen LogP contribution in [0.3, 0.4) is 0 Å². The van der Waals surface area contributed by atoms with Gasteiger partial charge in [0, 0.05) is 16.0 Å². The summed E-state index contributed by atoms with van der Waals surface area (Å²) >= 11 is 7.47. The van der Waals surface area contributed by atoms with Crippen LogP contribution in [-0.2, 0) is 0 Å². The third-order valence-corrected chi connectivity index (χ3v) is 4.51. The molecule has 0 bridgehead atoms. The zero-order chi connectivity index (χ0) is 16.2. The van der Waals surface area contributed by atoms with Crippen molar-refractivity contribution in [2.75, 3.05) is 5.43 Å². The van der Waals surface area contributed by atoms with Gasteiger partial charge < -0.3 is 0 Å². The molecule has 3 aromatic rings. The largest absolute Gasteiger partial charge is 0.253 e. The molecule has 1 aromatic heterocycles. The number of nitrogens with one attached hydrogen (secondary N) is 1. The molecule has 0 aliphatic carbocycles. The minimum Gasteiger partial charge on any atom is -0.253 e. The quantitative estimate of drug-likeness (QED) is 0.500. The smallest absolute Gasteiger partial charge is 0.203 e. The van der Waals surface area contributed by atoms with Crippen molar-refractivity contribution >= 4 is 34.3 Å². The highest BCUT2D eigenvalue weighted by Crippen LogP contribution is 2.26. The number of aromatic nitrogens is 1. The first-order valence-electron chi connectivity index (χ1n) is 7.19. The predicted molar refractivity (Wildman–Crippen MR) is 99.7 cm³/mol. The number of rotatable bonds is 4.